The highest BCUT2D eigenvalue weighted by Gasteiger charge is 2.24. The number of hydrogen-bond donors (Lipinski definition) is 1. The summed E-state index contributed by atoms with van der Waals surface area (Å²) in [6.07, 6.45) is 2.29. The van der Waals surface area contributed by atoms with E-state index in [1.807, 2.05) is 6.92 Å². The highest BCUT2D eigenvalue weighted by atomic mass is 32.2. The van der Waals surface area contributed by atoms with Gasteiger partial charge in [-0.1, -0.05) is 6.92 Å². The third-order valence-electron chi connectivity index (χ3n) is 2.60. The number of sulfone groups is 1. The average molecular weight is 286 g/mol. The lowest BCUT2D eigenvalue weighted by Gasteiger charge is -2.08. The van der Waals surface area contributed by atoms with Gasteiger partial charge in [-0.05, 0) is 19.4 Å². The van der Waals surface area contributed by atoms with Gasteiger partial charge in [0.25, 0.3) is 5.91 Å². The van der Waals surface area contributed by atoms with Crippen LogP contribution in [-0.4, -0.2) is 31.1 Å². The van der Waals surface area contributed by atoms with Crippen molar-refractivity contribution >= 4 is 27.1 Å². The van der Waals surface area contributed by atoms with Gasteiger partial charge in [-0.25, -0.2) is 13.4 Å². The molecule has 1 amide bonds. The standard InChI is InChI=1S/C11H14N2O3S2/c1-3-9-12-7(2)10(17-9)11(14)13-8-4-5-18(15,16)6-8/h4-5,8H,3,6H2,1-2H3,(H,13,14)/t8-/m1/s1. The molecule has 7 heteroatoms. The Morgan fingerprint density at radius 3 is 2.83 bits per heavy atom. The lowest BCUT2D eigenvalue weighted by atomic mass is 10.3. The number of aryl methyl sites for hydroxylation is 2. The van der Waals surface area contributed by atoms with Gasteiger partial charge < -0.3 is 5.32 Å². The Morgan fingerprint density at radius 2 is 2.33 bits per heavy atom. The summed E-state index contributed by atoms with van der Waals surface area (Å²) < 4.78 is 22.5. The zero-order valence-electron chi connectivity index (χ0n) is 10.1. The first-order valence-electron chi connectivity index (χ1n) is 5.59. The molecular formula is C11H14N2O3S2. The summed E-state index contributed by atoms with van der Waals surface area (Å²) in [6.45, 7) is 3.76. The third kappa shape index (κ3) is 2.78. The smallest absolute Gasteiger partial charge is 0.263 e. The lowest BCUT2D eigenvalue weighted by Crippen LogP contribution is -2.35. The zero-order chi connectivity index (χ0) is 13.3. The maximum Gasteiger partial charge on any atom is 0.263 e. The minimum Gasteiger partial charge on any atom is -0.344 e. The molecule has 1 aliphatic heterocycles. The van der Waals surface area contributed by atoms with E-state index in [-0.39, 0.29) is 11.7 Å². The van der Waals surface area contributed by atoms with E-state index in [4.69, 9.17) is 0 Å². The highest BCUT2D eigenvalue weighted by molar-refractivity contribution is 7.94. The third-order valence-corrected chi connectivity index (χ3v) is 5.29. The zero-order valence-corrected chi connectivity index (χ0v) is 11.8. The summed E-state index contributed by atoms with van der Waals surface area (Å²) >= 11 is 1.35. The Balaban J connectivity index is 2.09. The first kappa shape index (κ1) is 13.2. The van der Waals surface area contributed by atoms with Gasteiger partial charge in [0.15, 0.2) is 9.84 Å². The fourth-order valence-corrected chi connectivity index (χ4v) is 3.86. The summed E-state index contributed by atoms with van der Waals surface area (Å²) in [5.41, 5.74) is 0.694. The molecular weight excluding hydrogens is 272 g/mol. The van der Waals surface area contributed by atoms with Crippen LogP contribution in [0.2, 0.25) is 0 Å². The number of amides is 1. The van der Waals surface area contributed by atoms with E-state index in [9.17, 15) is 13.2 Å². The minimum atomic E-state index is -3.14. The van der Waals surface area contributed by atoms with E-state index >= 15 is 0 Å². The number of hydrogen-bond acceptors (Lipinski definition) is 5. The monoisotopic (exact) mass is 286 g/mol. The molecule has 1 atom stereocenters. The van der Waals surface area contributed by atoms with Crippen LogP contribution < -0.4 is 5.32 Å². The van der Waals surface area contributed by atoms with Crippen molar-refractivity contribution in [1.82, 2.24) is 10.3 Å². The van der Waals surface area contributed by atoms with E-state index in [1.165, 1.54) is 17.4 Å². The Morgan fingerprint density at radius 1 is 1.61 bits per heavy atom. The number of carbonyl (C=O) groups is 1. The molecule has 1 aliphatic rings. The number of carbonyl (C=O) groups excluding carboxylic acids is 1. The summed E-state index contributed by atoms with van der Waals surface area (Å²) in [6, 6.07) is -0.436. The molecule has 0 aromatic carbocycles. The van der Waals surface area contributed by atoms with Crippen LogP contribution in [0.25, 0.3) is 0 Å². The molecule has 2 heterocycles. The molecule has 0 bridgehead atoms. The molecule has 0 aliphatic carbocycles. The second-order valence-electron chi connectivity index (χ2n) is 4.11. The molecule has 0 spiro atoms. The molecule has 0 unspecified atom stereocenters. The van der Waals surface area contributed by atoms with Crippen LogP contribution >= 0.6 is 11.3 Å². The van der Waals surface area contributed by atoms with E-state index in [1.54, 1.807) is 6.92 Å². The van der Waals surface area contributed by atoms with E-state index < -0.39 is 15.9 Å². The van der Waals surface area contributed by atoms with E-state index in [0.717, 1.165) is 16.8 Å². The van der Waals surface area contributed by atoms with Gasteiger partial charge in [0.05, 0.1) is 22.5 Å². The van der Waals surface area contributed by atoms with Gasteiger partial charge >= 0.3 is 0 Å². The van der Waals surface area contributed by atoms with Crippen LogP contribution in [0.3, 0.4) is 0 Å². The van der Waals surface area contributed by atoms with Gasteiger partial charge in [-0.2, -0.15) is 0 Å². The van der Waals surface area contributed by atoms with Crippen LogP contribution in [0.15, 0.2) is 11.5 Å². The average Bonchev–Trinajstić information content (AvgIpc) is 2.81. The number of rotatable bonds is 3. The second kappa shape index (κ2) is 4.81. The van der Waals surface area contributed by atoms with Crippen molar-refractivity contribution < 1.29 is 13.2 Å². The van der Waals surface area contributed by atoms with E-state index in [2.05, 4.69) is 10.3 Å². The first-order chi connectivity index (χ1) is 8.41. The van der Waals surface area contributed by atoms with Crippen molar-refractivity contribution in [2.75, 3.05) is 5.75 Å². The molecule has 0 saturated heterocycles. The number of aromatic nitrogens is 1. The maximum absolute atomic E-state index is 12.0. The normalized spacial score (nSPS) is 21.1. The molecule has 1 aromatic rings. The first-order valence-corrected chi connectivity index (χ1v) is 8.12. The Kier molecular flexibility index (Phi) is 3.54. The van der Waals surface area contributed by atoms with Crippen molar-refractivity contribution in [3.05, 3.63) is 27.1 Å². The molecule has 18 heavy (non-hydrogen) atoms. The van der Waals surface area contributed by atoms with E-state index in [0.29, 0.717) is 10.6 Å². The van der Waals surface area contributed by atoms with Crippen LogP contribution in [0, 0.1) is 6.92 Å². The maximum atomic E-state index is 12.0. The highest BCUT2D eigenvalue weighted by Crippen LogP contribution is 2.19. The molecule has 1 aromatic heterocycles. The van der Waals surface area contributed by atoms with Crippen molar-refractivity contribution in [3.63, 3.8) is 0 Å². The van der Waals surface area contributed by atoms with Gasteiger partial charge in [0, 0.05) is 5.41 Å². The number of thiazole rings is 1. The Hall–Kier alpha value is -1.21. The summed E-state index contributed by atoms with van der Waals surface area (Å²) in [5, 5.41) is 4.75. The van der Waals surface area contributed by atoms with Gasteiger partial charge in [-0.15, -0.1) is 11.3 Å². The summed E-state index contributed by atoms with van der Waals surface area (Å²) in [5.74, 6) is -0.312. The summed E-state index contributed by atoms with van der Waals surface area (Å²) in [4.78, 5) is 16.8. The van der Waals surface area contributed by atoms with Crippen molar-refractivity contribution in [2.45, 2.75) is 26.3 Å². The second-order valence-corrected chi connectivity index (χ2v) is 7.13. The lowest BCUT2D eigenvalue weighted by molar-refractivity contribution is 0.0951. The van der Waals surface area contributed by atoms with Gasteiger partial charge in [0.2, 0.25) is 0 Å². The van der Waals surface area contributed by atoms with Gasteiger partial charge in [0.1, 0.15) is 4.88 Å². The Labute approximate surface area is 110 Å². The van der Waals surface area contributed by atoms with Crippen LogP contribution in [0.4, 0.5) is 0 Å². The molecule has 0 saturated carbocycles. The SMILES string of the molecule is CCc1nc(C)c(C(=O)N[C@@H]2C=CS(=O)(=O)C2)s1. The molecule has 98 valence electrons. The van der Waals surface area contributed by atoms with Crippen molar-refractivity contribution in [1.29, 1.82) is 0 Å². The molecule has 1 N–H and O–H groups in total. The van der Waals surface area contributed by atoms with Crippen molar-refractivity contribution in [2.24, 2.45) is 0 Å². The molecule has 0 fully saturated rings. The fraction of sp³-hybridized carbons (Fsp3) is 0.455. The predicted octanol–water partition coefficient (Wildman–Crippen LogP) is 1.05. The molecule has 0 radical (unpaired) electrons. The van der Waals surface area contributed by atoms with Crippen LogP contribution in [0.1, 0.15) is 27.3 Å². The Bertz CT molecular complexity index is 602. The number of nitrogens with one attached hydrogen (secondary N) is 1. The largest absolute Gasteiger partial charge is 0.344 e. The molecule has 2 rings (SSSR count). The van der Waals surface area contributed by atoms with Gasteiger partial charge in [-0.3, -0.25) is 4.79 Å². The van der Waals surface area contributed by atoms with Crippen LogP contribution in [0.5, 0.6) is 0 Å². The molecule has 5 nitrogen and oxygen atoms in total. The van der Waals surface area contributed by atoms with Crippen molar-refractivity contribution in [3.8, 4) is 0 Å². The number of nitrogens with zero attached hydrogens (tertiary/aromatic N) is 1. The minimum absolute atomic E-state index is 0.0583. The quantitative estimate of drug-likeness (QED) is 0.901. The van der Waals surface area contributed by atoms with Crippen LogP contribution in [-0.2, 0) is 16.3 Å². The fourth-order valence-electron chi connectivity index (χ4n) is 1.71. The topological polar surface area (TPSA) is 76.1 Å². The summed E-state index contributed by atoms with van der Waals surface area (Å²) in [7, 11) is -3.14. The predicted molar refractivity (Wildman–Crippen MR) is 70.4 cm³/mol.